The average Bonchev–Trinajstić information content (AvgIpc) is 2.75. The summed E-state index contributed by atoms with van der Waals surface area (Å²) < 4.78 is 0. The van der Waals surface area contributed by atoms with Gasteiger partial charge in [-0.15, -0.1) is 0 Å². The molecule has 0 aromatic heterocycles. The molecule has 2 atom stereocenters. The number of unbranched alkanes of at least 4 members (excludes halogenated alkanes) is 2. The summed E-state index contributed by atoms with van der Waals surface area (Å²) in [5.74, 6) is 0. The Balaban J connectivity index is 2.11. The molecule has 0 spiro atoms. The number of hydrogen-bond acceptors (Lipinski definition) is 2. The maximum Gasteiger partial charge on any atom is 0.318 e. The SMILES string of the molecule is CCCCc1ccc(C(C)NC(CCCC)c2cccc(NC(=O)NC)c2)cc1. The zero-order valence-electron chi connectivity index (χ0n) is 18.4. The molecule has 29 heavy (non-hydrogen) atoms. The number of carbonyl (C=O) groups is 1. The summed E-state index contributed by atoms with van der Waals surface area (Å²) in [5, 5.41) is 9.29. The summed E-state index contributed by atoms with van der Waals surface area (Å²) in [6, 6.07) is 17.5. The van der Waals surface area contributed by atoms with Crippen molar-refractivity contribution in [1.29, 1.82) is 0 Å². The maximum absolute atomic E-state index is 11.7. The first-order valence-corrected chi connectivity index (χ1v) is 11.0. The Morgan fingerprint density at radius 3 is 2.34 bits per heavy atom. The molecule has 0 heterocycles. The largest absolute Gasteiger partial charge is 0.341 e. The zero-order chi connectivity index (χ0) is 21.1. The van der Waals surface area contributed by atoms with Crippen molar-refractivity contribution in [3.63, 3.8) is 0 Å². The van der Waals surface area contributed by atoms with Crippen LogP contribution in [0.15, 0.2) is 48.5 Å². The Morgan fingerprint density at radius 2 is 1.69 bits per heavy atom. The van der Waals surface area contributed by atoms with Crippen LogP contribution in [0.2, 0.25) is 0 Å². The van der Waals surface area contributed by atoms with Crippen LogP contribution in [0.1, 0.15) is 81.6 Å². The Morgan fingerprint density at radius 1 is 0.966 bits per heavy atom. The van der Waals surface area contributed by atoms with Gasteiger partial charge in [-0.3, -0.25) is 0 Å². The minimum atomic E-state index is -0.197. The number of rotatable bonds is 11. The fraction of sp³-hybridized carbons (Fsp3) is 0.480. The van der Waals surface area contributed by atoms with Crippen LogP contribution in [0.4, 0.5) is 10.5 Å². The molecule has 0 fully saturated rings. The lowest BCUT2D eigenvalue weighted by molar-refractivity contribution is 0.254. The van der Waals surface area contributed by atoms with Gasteiger partial charge in [0.15, 0.2) is 0 Å². The first-order valence-electron chi connectivity index (χ1n) is 11.0. The molecule has 2 unspecified atom stereocenters. The summed E-state index contributed by atoms with van der Waals surface area (Å²) in [5.41, 5.74) is 4.75. The van der Waals surface area contributed by atoms with Crippen molar-refractivity contribution in [3.8, 4) is 0 Å². The number of amides is 2. The maximum atomic E-state index is 11.7. The van der Waals surface area contributed by atoms with Crippen LogP contribution in [0.3, 0.4) is 0 Å². The highest BCUT2D eigenvalue weighted by Crippen LogP contribution is 2.26. The first-order chi connectivity index (χ1) is 14.1. The van der Waals surface area contributed by atoms with Crippen LogP contribution in [0.5, 0.6) is 0 Å². The Bertz CT molecular complexity index is 742. The van der Waals surface area contributed by atoms with Crippen LogP contribution in [0.25, 0.3) is 0 Å². The average molecular weight is 396 g/mol. The number of hydrogen-bond donors (Lipinski definition) is 3. The first kappa shape index (κ1) is 23.0. The predicted molar refractivity (Wildman–Crippen MR) is 123 cm³/mol. The van der Waals surface area contributed by atoms with Crippen LogP contribution >= 0.6 is 0 Å². The lowest BCUT2D eigenvalue weighted by Gasteiger charge is -2.25. The predicted octanol–water partition coefficient (Wildman–Crippen LogP) is 6.36. The molecule has 3 N–H and O–H groups in total. The fourth-order valence-electron chi connectivity index (χ4n) is 3.53. The molecule has 158 valence electrons. The van der Waals surface area contributed by atoms with E-state index in [0.29, 0.717) is 0 Å². The number of urea groups is 1. The van der Waals surface area contributed by atoms with Gasteiger partial charge in [-0.25, -0.2) is 4.79 Å². The summed E-state index contributed by atoms with van der Waals surface area (Å²) in [4.78, 5) is 11.7. The topological polar surface area (TPSA) is 53.2 Å². The zero-order valence-corrected chi connectivity index (χ0v) is 18.4. The summed E-state index contributed by atoms with van der Waals surface area (Å²) in [7, 11) is 1.62. The molecule has 2 rings (SSSR count). The number of anilines is 1. The molecule has 4 nitrogen and oxygen atoms in total. The quantitative estimate of drug-likeness (QED) is 0.414. The summed E-state index contributed by atoms with van der Waals surface area (Å²) >= 11 is 0. The molecule has 0 saturated heterocycles. The van der Waals surface area contributed by atoms with Gasteiger partial charge in [0, 0.05) is 24.8 Å². The van der Waals surface area contributed by atoms with Crippen molar-refractivity contribution in [2.75, 3.05) is 12.4 Å². The van der Waals surface area contributed by atoms with E-state index in [1.54, 1.807) is 7.05 Å². The van der Waals surface area contributed by atoms with Crippen molar-refractivity contribution in [3.05, 3.63) is 65.2 Å². The van der Waals surface area contributed by atoms with E-state index >= 15 is 0 Å². The molecule has 2 aromatic rings. The molecule has 2 aromatic carbocycles. The molecule has 0 aliphatic carbocycles. The second-order valence-electron chi connectivity index (χ2n) is 7.76. The van der Waals surface area contributed by atoms with E-state index < -0.39 is 0 Å². The van der Waals surface area contributed by atoms with Crippen molar-refractivity contribution in [2.45, 2.75) is 71.4 Å². The van der Waals surface area contributed by atoms with E-state index in [1.807, 2.05) is 12.1 Å². The molecule has 2 amide bonds. The second-order valence-corrected chi connectivity index (χ2v) is 7.76. The molecule has 4 heteroatoms. The minimum absolute atomic E-state index is 0.197. The van der Waals surface area contributed by atoms with Gasteiger partial charge < -0.3 is 16.0 Å². The smallest absolute Gasteiger partial charge is 0.318 e. The van der Waals surface area contributed by atoms with Gasteiger partial charge in [-0.1, -0.05) is 69.5 Å². The molecule has 0 radical (unpaired) electrons. The van der Waals surface area contributed by atoms with Crippen LogP contribution in [0, 0.1) is 0 Å². The van der Waals surface area contributed by atoms with E-state index in [0.717, 1.165) is 31.4 Å². The van der Waals surface area contributed by atoms with Crippen molar-refractivity contribution in [2.24, 2.45) is 0 Å². The van der Waals surface area contributed by atoms with E-state index in [4.69, 9.17) is 0 Å². The molecular formula is C25H37N3O. The van der Waals surface area contributed by atoms with Gasteiger partial charge in [0.25, 0.3) is 0 Å². The van der Waals surface area contributed by atoms with Gasteiger partial charge in [-0.2, -0.15) is 0 Å². The molecule has 0 saturated carbocycles. The van der Waals surface area contributed by atoms with Crippen molar-refractivity contribution < 1.29 is 4.79 Å². The third-order valence-electron chi connectivity index (χ3n) is 5.37. The highest BCUT2D eigenvalue weighted by Gasteiger charge is 2.16. The third-order valence-corrected chi connectivity index (χ3v) is 5.37. The van der Waals surface area contributed by atoms with Gasteiger partial charge in [0.05, 0.1) is 0 Å². The lowest BCUT2D eigenvalue weighted by Crippen LogP contribution is -2.26. The van der Waals surface area contributed by atoms with Crippen LogP contribution in [-0.4, -0.2) is 13.1 Å². The van der Waals surface area contributed by atoms with E-state index in [2.05, 4.69) is 73.1 Å². The Labute approximate surface area is 176 Å². The highest BCUT2D eigenvalue weighted by atomic mass is 16.2. The van der Waals surface area contributed by atoms with Crippen molar-refractivity contribution >= 4 is 11.7 Å². The molecule has 0 aliphatic rings. The standard InChI is InChI=1S/C25H37N3O/c1-5-7-10-20-14-16-21(17-15-20)19(3)27-24(13-8-6-2)22-11-9-12-23(18-22)28-25(29)26-4/h9,11-12,14-19,24,27H,5-8,10,13H2,1-4H3,(H2,26,28,29). The molecule has 0 bridgehead atoms. The van der Waals surface area contributed by atoms with Crippen LogP contribution in [-0.2, 0) is 6.42 Å². The van der Waals surface area contributed by atoms with Crippen LogP contribution < -0.4 is 16.0 Å². The second kappa shape index (κ2) is 12.3. The van der Waals surface area contributed by atoms with Gasteiger partial charge in [0.2, 0.25) is 0 Å². The molecule has 0 aliphatic heterocycles. The molecular weight excluding hydrogens is 358 g/mol. The van der Waals surface area contributed by atoms with Gasteiger partial charge in [0.1, 0.15) is 0 Å². The van der Waals surface area contributed by atoms with E-state index in [1.165, 1.54) is 29.5 Å². The van der Waals surface area contributed by atoms with E-state index in [9.17, 15) is 4.79 Å². The van der Waals surface area contributed by atoms with Gasteiger partial charge >= 0.3 is 6.03 Å². The number of nitrogens with one attached hydrogen (secondary N) is 3. The number of benzene rings is 2. The number of carbonyl (C=O) groups excluding carboxylic acids is 1. The monoisotopic (exact) mass is 395 g/mol. The van der Waals surface area contributed by atoms with Gasteiger partial charge in [-0.05, 0) is 55.0 Å². The third kappa shape index (κ3) is 7.54. The lowest BCUT2D eigenvalue weighted by atomic mass is 9.97. The summed E-state index contributed by atoms with van der Waals surface area (Å²) in [6.45, 7) is 6.68. The van der Waals surface area contributed by atoms with Crippen molar-refractivity contribution in [1.82, 2.24) is 10.6 Å². The minimum Gasteiger partial charge on any atom is -0.341 e. The Kier molecular flexibility index (Phi) is 9.72. The summed E-state index contributed by atoms with van der Waals surface area (Å²) in [6.07, 6.45) is 7.02. The van der Waals surface area contributed by atoms with E-state index in [-0.39, 0.29) is 18.1 Å². The Hall–Kier alpha value is -2.33. The highest BCUT2D eigenvalue weighted by molar-refractivity contribution is 5.89. The number of aryl methyl sites for hydroxylation is 1. The fourth-order valence-corrected chi connectivity index (χ4v) is 3.53. The normalized spacial score (nSPS) is 13.0.